The summed E-state index contributed by atoms with van der Waals surface area (Å²) in [5.41, 5.74) is 3.12. The Balaban J connectivity index is 1.83. The Bertz CT molecular complexity index is 1240. The van der Waals surface area contributed by atoms with E-state index < -0.39 is 20.6 Å². The Morgan fingerprint density at radius 3 is 2.34 bits per heavy atom. The van der Waals surface area contributed by atoms with E-state index in [9.17, 15) is 18.5 Å². The van der Waals surface area contributed by atoms with E-state index in [0.29, 0.717) is 11.5 Å². The van der Waals surface area contributed by atoms with Gasteiger partial charge in [-0.1, -0.05) is 12.1 Å². The van der Waals surface area contributed by atoms with Gasteiger partial charge in [0.2, 0.25) is 0 Å². The van der Waals surface area contributed by atoms with Crippen molar-refractivity contribution in [3.8, 4) is 11.5 Å². The fourth-order valence-electron chi connectivity index (χ4n) is 2.72. The van der Waals surface area contributed by atoms with Crippen LogP contribution < -0.4 is 19.6 Å². The van der Waals surface area contributed by atoms with E-state index in [-0.39, 0.29) is 16.3 Å². The van der Waals surface area contributed by atoms with E-state index in [0.717, 1.165) is 11.6 Å². The number of sulfonamides is 1. The van der Waals surface area contributed by atoms with Gasteiger partial charge >= 0.3 is 0 Å². The minimum absolute atomic E-state index is 0.0380. The van der Waals surface area contributed by atoms with Crippen molar-refractivity contribution in [2.24, 2.45) is 5.10 Å². The van der Waals surface area contributed by atoms with Gasteiger partial charge < -0.3 is 9.47 Å². The average molecular weight is 456 g/mol. The highest BCUT2D eigenvalue weighted by molar-refractivity contribution is 7.92. The molecule has 0 heterocycles. The molecule has 10 nitrogen and oxygen atoms in total. The molecule has 0 aliphatic rings. The van der Waals surface area contributed by atoms with Gasteiger partial charge in [0.05, 0.1) is 35.9 Å². The van der Waals surface area contributed by atoms with Crippen molar-refractivity contribution in [1.29, 1.82) is 0 Å². The van der Waals surface area contributed by atoms with E-state index in [1.54, 1.807) is 49.6 Å². The molecule has 0 unspecified atom stereocenters. The second kappa shape index (κ2) is 9.79. The second-order valence-electron chi connectivity index (χ2n) is 6.39. The van der Waals surface area contributed by atoms with Crippen molar-refractivity contribution in [1.82, 2.24) is 0 Å². The summed E-state index contributed by atoms with van der Waals surface area (Å²) < 4.78 is 38.1. The van der Waals surface area contributed by atoms with Crippen molar-refractivity contribution in [2.75, 3.05) is 24.4 Å². The molecule has 0 fully saturated rings. The number of nitro benzene ring substituents is 1. The fraction of sp³-hybridized carbons (Fsp3) is 0.0952. The molecule has 0 bridgehead atoms. The van der Waals surface area contributed by atoms with Gasteiger partial charge in [0.15, 0.2) is 0 Å². The monoisotopic (exact) mass is 456 g/mol. The summed E-state index contributed by atoms with van der Waals surface area (Å²) in [5, 5.41) is 15.5. The second-order valence-corrected chi connectivity index (χ2v) is 8.07. The van der Waals surface area contributed by atoms with Crippen molar-refractivity contribution < 1.29 is 22.8 Å². The van der Waals surface area contributed by atoms with E-state index >= 15 is 0 Å². The summed E-state index contributed by atoms with van der Waals surface area (Å²) in [4.78, 5) is 10.6. The first kappa shape index (κ1) is 22.6. The number of ether oxygens (including phenoxy) is 2. The molecule has 0 atom stereocenters. The van der Waals surface area contributed by atoms with Crippen LogP contribution in [0.25, 0.3) is 0 Å². The molecular formula is C21H20N4O6S. The molecule has 2 N–H and O–H groups in total. The Morgan fingerprint density at radius 2 is 1.69 bits per heavy atom. The summed E-state index contributed by atoms with van der Waals surface area (Å²) >= 11 is 0. The van der Waals surface area contributed by atoms with Crippen LogP contribution in [-0.4, -0.2) is 33.8 Å². The van der Waals surface area contributed by atoms with Crippen molar-refractivity contribution in [2.45, 2.75) is 4.90 Å². The third-order valence-corrected chi connectivity index (χ3v) is 5.71. The lowest BCUT2D eigenvalue weighted by molar-refractivity contribution is -0.384. The summed E-state index contributed by atoms with van der Waals surface area (Å²) in [7, 11) is -1.14. The van der Waals surface area contributed by atoms with Gasteiger partial charge in [-0.2, -0.15) is 5.10 Å². The predicted octanol–water partition coefficient (Wildman–Crippen LogP) is 3.86. The molecule has 11 heteroatoms. The first-order valence-electron chi connectivity index (χ1n) is 9.21. The highest BCUT2D eigenvalue weighted by Crippen LogP contribution is 2.30. The number of anilines is 2. The number of benzene rings is 3. The molecular weight excluding hydrogens is 436 g/mol. The SMILES string of the molecule is COc1ccc(/C=N\Nc2ccc(S(=O)(=O)Nc3ccccc3OC)cc2[N+](=O)[O-])cc1. The maximum absolute atomic E-state index is 12.8. The molecule has 0 aliphatic carbocycles. The Labute approximate surface area is 184 Å². The number of para-hydroxylation sites is 2. The number of nitrogens with zero attached hydrogens (tertiary/aromatic N) is 2. The first-order valence-corrected chi connectivity index (χ1v) is 10.7. The summed E-state index contributed by atoms with van der Waals surface area (Å²) in [5.74, 6) is 1.00. The Hall–Kier alpha value is -4.12. The third kappa shape index (κ3) is 5.32. The molecule has 0 radical (unpaired) electrons. The third-order valence-electron chi connectivity index (χ3n) is 4.34. The van der Waals surface area contributed by atoms with Crippen LogP contribution in [0.15, 0.2) is 76.7 Å². The number of rotatable bonds is 9. The van der Waals surface area contributed by atoms with Gasteiger partial charge in [0.1, 0.15) is 17.2 Å². The molecule has 0 saturated heterocycles. The number of hydrogen-bond acceptors (Lipinski definition) is 8. The minimum atomic E-state index is -4.10. The van der Waals surface area contributed by atoms with Crippen LogP contribution >= 0.6 is 0 Å². The molecule has 0 amide bonds. The quantitative estimate of drug-likeness (QED) is 0.284. The van der Waals surface area contributed by atoms with E-state index in [4.69, 9.17) is 9.47 Å². The van der Waals surface area contributed by atoms with Gasteiger partial charge in [-0.3, -0.25) is 20.3 Å². The molecule has 0 saturated carbocycles. The Morgan fingerprint density at radius 1 is 0.969 bits per heavy atom. The smallest absolute Gasteiger partial charge is 0.295 e. The van der Waals surface area contributed by atoms with Gasteiger partial charge in [0.25, 0.3) is 15.7 Å². The summed E-state index contributed by atoms with van der Waals surface area (Å²) in [6.07, 6.45) is 1.47. The van der Waals surface area contributed by atoms with Crippen molar-refractivity contribution >= 4 is 33.3 Å². The zero-order valence-electron chi connectivity index (χ0n) is 17.2. The summed E-state index contributed by atoms with van der Waals surface area (Å²) in [6.45, 7) is 0. The van der Waals surface area contributed by atoms with Crippen LogP contribution in [0.2, 0.25) is 0 Å². The van der Waals surface area contributed by atoms with Gasteiger partial charge in [-0.25, -0.2) is 8.42 Å². The number of nitro groups is 1. The summed E-state index contributed by atoms with van der Waals surface area (Å²) in [6, 6.07) is 16.9. The van der Waals surface area contributed by atoms with Gasteiger partial charge in [-0.15, -0.1) is 0 Å². The zero-order chi connectivity index (χ0) is 23.1. The lowest BCUT2D eigenvalue weighted by Crippen LogP contribution is -2.14. The zero-order valence-corrected chi connectivity index (χ0v) is 18.0. The van der Waals surface area contributed by atoms with Crippen LogP contribution in [0.1, 0.15) is 5.56 Å². The largest absolute Gasteiger partial charge is 0.497 e. The fourth-order valence-corrected chi connectivity index (χ4v) is 3.81. The number of hydrogen-bond donors (Lipinski definition) is 2. The van der Waals surface area contributed by atoms with E-state index in [2.05, 4.69) is 15.2 Å². The van der Waals surface area contributed by atoms with Crippen LogP contribution in [0.4, 0.5) is 17.1 Å². The molecule has 3 rings (SSSR count). The van der Waals surface area contributed by atoms with Gasteiger partial charge in [0, 0.05) is 6.07 Å². The molecule has 166 valence electrons. The number of hydrazone groups is 1. The van der Waals surface area contributed by atoms with Crippen LogP contribution in [0.5, 0.6) is 11.5 Å². The van der Waals surface area contributed by atoms with E-state index in [1.165, 1.54) is 31.5 Å². The standard InChI is InChI=1S/C21H20N4O6S/c1-30-16-9-7-15(8-10-16)14-22-23-18-12-11-17(13-20(18)25(26)27)32(28,29)24-19-5-3-4-6-21(19)31-2/h3-14,23-24H,1-2H3/b22-14-. The average Bonchev–Trinajstić information content (AvgIpc) is 2.79. The molecule has 3 aromatic rings. The maximum atomic E-state index is 12.8. The number of nitrogens with one attached hydrogen (secondary N) is 2. The normalized spacial score (nSPS) is 11.2. The maximum Gasteiger partial charge on any atom is 0.295 e. The first-order chi connectivity index (χ1) is 15.3. The van der Waals surface area contributed by atoms with Gasteiger partial charge in [-0.05, 0) is 54.1 Å². The molecule has 0 spiro atoms. The lowest BCUT2D eigenvalue weighted by atomic mass is 10.2. The molecule has 32 heavy (non-hydrogen) atoms. The van der Waals surface area contributed by atoms with Crippen molar-refractivity contribution in [3.63, 3.8) is 0 Å². The molecule has 0 aliphatic heterocycles. The Kier molecular flexibility index (Phi) is 6.90. The highest BCUT2D eigenvalue weighted by atomic mass is 32.2. The lowest BCUT2D eigenvalue weighted by Gasteiger charge is -2.12. The van der Waals surface area contributed by atoms with Crippen LogP contribution in [0.3, 0.4) is 0 Å². The number of methoxy groups -OCH3 is 2. The van der Waals surface area contributed by atoms with E-state index in [1.807, 2.05) is 0 Å². The predicted molar refractivity (Wildman–Crippen MR) is 121 cm³/mol. The molecule has 3 aromatic carbocycles. The highest BCUT2D eigenvalue weighted by Gasteiger charge is 2.22. The van der Waals surface area contributed by atoms with Crippen LogP contribution in [0, 0.1) is 10.1 Å². The minimum Gasteiger partial charge on any atom is -0.497 e. The van der Waals surface area contributed by atoms with Crippen LogP contribution in [-0.2, 0) is 10.0 Å². The topological polar surface area (TPSA) is 132 Å². The van der Waals surface area contributed by atoms with Crippen molar-refractivity contribution in [3.05, 3.63) is 82.4 Å². The molecule has 0 aromatic heterocycles.